The van der Waals surface area contributed by atoms with Crippen molar-refractivity contribution in [3.63, 3.8) is 0 Å². The molecule has 0 saturated heterocycles. The van der Waals surface area contributed by atoms with Gasteiger partial charge in [0.05, 0.1) is 0 Å². The van der Waals surface area contributed by atoms with Crippen molar-refractivity contribution >= 4 is 5.57 Å². The Labute approximate surface area is 168 Å². The maximum absolute atomic E-state index is 6.42. The van der Waals surface area contributed by atoms with Crippen molar-refractivity contribution in [1.82, 2.24) is 0 Å². The number of nitrogens with two attached hydrogens (primary N) is 1. The van der Waals surface area contributed by atoms with Crippen LogP contribution >= 0.6 is 0 Å². The quantitative estimate of drug-likeness (QED) is 0.591. The fourth-order valence-electron chi connectivity index (χ4n) is 4.22. The van der Waals surface area contributed by atoms with Gasteiger partial charge in [0.2, 0.25) is 0 Å². The molecule has 28 heavy (non-hydrogen) atoms. The molecule has 1 heterocycles. The predicted molar refractivity (Wildman–Crippen MR) is 115 cm³/mol. The molecule has 3 nitrogen and oxygen atoms in total. The van der Waals surface area contributed by atoms with Gasteiger partial charge in [-0.1, -0.05) is 62.1 Å². The van der Waals surface area contributed by atoms with E-state index in [1.807, 2.05) is 24.3 Å². The first-order chi connectivity index (χ1) is 13.8. The minimum Gasteiger partial charge on any atom is -0.489 e. The predicted octanol–water partition coefficient (Wildman–Crippen LogP) is 5.69. The van der Waals surface area contributed by atoms with Gasteiger partial charge < -0.3 is 15.2 Å². The number of allylic oxidation sites excluding steroid dienone is 3. The first kappa shape index (κ1) is 19.1. The Hall–Kier alpha value is -2.26. The Bertz CT molecular complexity index is 816. The average Bonchev–Trinajstić information content (AvgIpc) is 2.91. The number of fused-ring (bicyclic) bond motifs is 2. The van der Waals surface area contributed by atoms with Crippen LogP contribution in [0.5, 0.6) is 5.75 Å². The maximum atomic E-state index is 6.42. The summed E-state index contributed by atoms with van der Waals surface area (Å²) in [5.74, 6) is 1.80. The molecule has 0 fully saturated rings. The van der Waals surface area contributed by atoms with Gasteiger partial charge in [0.25, 0.3) is 0 Å². The SMILES string of the molecule is NC1C=CC2=C(C=C1)c1ccccc1OC/C1=C(/CCCCCCCC1)CO2. The molecular weight excluding hydrogens is 346 g/mol. The van der Waals surface area contributed by atoms with Gasteiger partial charge in [-0.25, -0.2) is 0 Å². The van der Waals surface area contributed by atoms with E-state index in [1.54, 1.807) is 0 Å². The van der Waals surface area contributed by atoms with Crippen molar-refractivity contribution < 1.29 is 9.47 Å². The van der Waals surface area contributed by atoms with Crippen LogP contribution in [0.1, 0.15) is 56.9 Å². The molecule has 0 bridgehead atoms. The topological polar surface area (TPSA) is 44.5 Å². The van der Waals surface area contributed by atoms with Gasteiger partial charge in [0.15, 0.2) is 0 Å². The van der Waals surface area contributed by atoms with Crippen LogP contribution in [0.25, 0.3) is 5.57 Å². The van der Waals surface area contributed by atoms with E-state index in [2.05, 4.69) is 24.3 Å². The van der Waals surface area contributed by atoms with E-state index >= 15 is 0 Å². The maximum Gasteiger partial charge on any atom is 0.127 e. The molecule has 0 saturated carbocycles. The fourth-order valence-corrected chi connectivity index (χ4v) is 4.22. The van der Waals surface area contributed by atoms with E-state index in [9.17, 15) is 0 Å². The molecule has 0 spiro atoms. The van der Waals surface area contributed by atoms with E-state index in [-0.39, 0.29) is 6.04 Å². The highest BCUT2D eigenvalue weighted by Crippen LogP contribution is 2.34. The summed E-state index contributed by atoms with van der Waals surface area (Å²) < 4.78 is 12.8. The summed E-state index contributed by atoms with van der Waals surface area (Å²) in [6, 6.07) is 8.15. The van der Waals surface area contributed by atoms with Crippen molar-refractivity contribution in [2.45, 2.75) is 57.4 Å². The molecule has 0 amide bonds. The van der Waals surface area contributed by atoms with E-state index in [4.69, 9.17) is 15.2 Å². The molecule has 148 valence electrons. The van der Waals surface area contributed by atoms with Gasteiger partial charge in [-0.3, -0.25) is 0 Å². The third kappa shape index (κ3) is 4.59. The van der Waals surface area contributed by atoms with Crippen LogP contribution in [-0.4, -0.2) is 19.3 Å². The second-order valence-electron chi connectivity index (χ2n) is 7.98. The fraction of sp³-hybridized carbons (Fsp3) is 0.440. The lowest BCUT2D eigenvalue weighted by atomic mass is 9.94. The van der Waals surface area contributed by atoms with Crippen molar-refractivity contribution in [3.8, 4) is 5.75 Å². The summed E-state index contributed by atoms with van der Waals surface area (Å²) >= 11 is 0. The number of hydrogen-bond donors (Lipinski definition) is 1. The lowest BCUT2D eigenvalue weighted by Gasteiger charge is -2.23. The molecule has 4 rings (SSSR count). The zero-order chi connectivity index (χ0) is 19.2. The lowest BCUT2D eigenvalue weighted by molar-refractivity contribution is 0.245. The number of ether oxygens (including phenoxy) is 2. The molecule has 1 unspecified atom stereocenters. The Morgan fingerprint density at radius 1 is 0.750 bits per heavy atom. The van der Waals surface area contributed by atoms with Crippen LogP contribution in [0.3, 0.4) is 0 Å². The standard InChI is InChI=1S/C25H31NO2/c26-21-13-15-23-22-11-7-8-12-24(22)27-17-19-9-5-3-1-2-4-6-10-20(19)18-28-25(23)16-14-21/h7-8,11-16,21H,1-6,9-10,17-18,26H2/b20-19-. The van der Waals surface area contributed by atoms with Gasteiger partial charge >= 0.3 is 0 Å². The third-order valence-electron chi connectivity index (χ3n) is 5.91. The van der Waals surface area contributed by atoms with Crippen molar-refractivity contribution in [2.24, 2.45) is 5.73 Å². The average molecular weight is 378 g/mol. The van der Waals surface area contributed by atoms with Gasteiger partial charge in [-0.15, -0.1) is 0 Å². The van der Waals surface area contributed by atoms with Crippen LogP contribution in [0.4, 0.5) is 0 Å². The monoisotopic (exact) mass is 377 g/mol. The van der Waals surface area contributed by atoms with Crippen LogP contribution in [-0.2, 0) is 4.74 Å². The van der Waals surface area contributed by atoms with Crippen LogP contribution in [0.2, 0.25) is 0 Å². The smallest absolute Gasteiger partial charge is 0.127 e. The zero-order valence-corrected chi connectivity index (χ0v) is 16.7. The van der Waals surface area contributed by atoms with Gasteiger partial charge in [-0.05, 0) is 49.0 Å². The molecule has 1 atom stereocenters. The molecule has 0 aromatic heterocycles. The van der Waals surface area contributed by atoms with Crippen LogP contribution < -0.4 is 10.5 Å². The molecular formula is C25H31NO2. The van der Waals surface area contributed by atoms with Gasteiger partial charge in [-0.2, -0.15) is 0 Å². The second kappa shape index (κ2) is 9.29. The van der Waals surface area contributed by atoms with E-state index in [0.717, 1.165) is 35.5 Å². The second-order valence-corrected chi connectivity index (χ2v) is 7.98. The van der Waals surface area contributed by atoms with Crippen LogP contribution in [0, 0.1) is 0 Å². The molecule has 2 aliphatic carbocycles. The largest absolute Gasteiger partial charge is 0.489 e. The summed E-state index contributed by atoms with van der Waals surface area (Å²) in [6.45, 7) is 1.31. The first-order valence-corrected chi connectivity index (χ1v) is 10.7. The van der Waals surface area contributed by atoms with Crippen molar-refractivity contribution in [2.75, 3.05) is 13.2 Å². The molecule has 2 N–H and O–H groups in total. The van der Waals surface area contributed by atoms with Crippen molar-refractivity contribution in [1.29, 1.82) is 0 Å². The number of para-hydroxylation sites is 1. The third-order valence-corrected chi connectivity index (χ3v) is 5.91. The molecule has 3 heteroatoms. The Morgan fingerprint density at radius 3 is 2.18 bits per heavy atom. The molecule has 1 aromatic carbocycles. The number of rotatable bonds is 0. The highest BCUT2D eigenvalue weighted by molar-refractivity contribution is 5.81. The van der Waals surface area contributed by atoms with Gasteiger partial charge in [0, 0.05) is 17.2 Å². The zero-order valence-electron chi connectivity index (χ0n) is 16.7. The number of benzene rings is 1. The first-order valence-electron chi connectivity index (χ1n) is 10.7. The highest BCUT2D eigenvalue weighted by Gasteiger charge is 2.19. The lowest BCUT2D eigenvalue weighted by Crippen LogP contribution is -2.12. The summed E-state index contributed by atoms with van der Waals surface area (Å²) in [7, 11) is 0. The molecule has 3 aliphatic rings. The van der Waals surface area contributed by atoms with E-state index in [0.29, 0.717) is 13.2 Å². The highest BCUT2D eigenvalue weighted by atomic mass is 16.5. The molecule has 1 aromatic rings. The van der Waals surface area contributed by atoms with Crippen LogP contribution in [0.15, 0.2) is 65.5 Å². The number of hydrogen-bond acceptors (Lipinski definition) is 3. The van der Waals surface area contributed by atoms with Gasteiger partial charge in [0.1, 0.15) is 24.7 Å². The van der Waals surface area contributed by atoms with E-state index in [1.165, 1.54) is 49.7 Å². The summed E-state index contributed by atoms with van der Waals surface area (Å²) in [5.41, 5.74) is 11.1. The summed E-state index contributed by atoms with van der Waals surface area (Å²) in [5, 5.41) is 0. The van der Waals surface area contributed by atoms with Crippen molar-refractivity contribution in [3.05, 3.63) is 71.0 Å². The molecule has 1 aliphatic heterocycles. The summed E-state index contributed by atoms with van der Waals surface area (Å²) in [6.07, 6.45) is 18.2. The minimum absolute atomic E-state index is 0.0993. The summed E-state index contributed by atoms with van der Waals surface area (Å²) in [4.78, 5) is 0. The normalized spacial score (nSPS) is 26.1. The Morgan fingerprint density at radius 2 is 1.39 bits per heavy atom. The van der Waals surface area contributed by atoms with E-state index < -0.39 is 0 Å². The molecule has 0 radical (unpaired) electrons. The Kier molecular flexibility index (Phi) is 6.33. The Balaban J connectivity index is 1.73. The minimum atomic E-state index is -0.0993.